The van der Waals surface area contributed by atoms with Crippen LogP contribution < -0.4 is 0 Å². The summed E-state index contributed by atoms with van der Waals surface area (Å²) in [4.78, 5) is 12.2. The van der Waals surface area contributed by atoms with E-state index in [1.54, 1.807) is 60.7 Å². The molecule has 0 spiro atoms. The molecule has 0 unspecified atom stereocenters. The number of benzene rings is 2. The second-order valence-corrected chi connectivity index (χ2v) is 4.29. The second-order valence-electron chi connectivity index (χ2n) is 4.29. The fourth-order valence-corrected chi connectivity index (χ4v) is 1.72. The largest absolute Gasteiger partial charge is 0.617 e. The predicted molar refractivity (Wildman–Crippen MR) is 75.9 cm³/mol. The minimum Gasteiger partial charge on any atom is -0.617 e. The second kappa shape index (κ2) is 5.81. The molecule has 0 aliphatic heterocycles. The summed E-state index contributed by atoms with van der Waals surface area (Å²) in [5.74, 6) is -0.580. The van der Waals surface area contributed by atoms with Gasteiger partial charge in [0.25, 0.3) is 5.78 Å². The van der Waals surface area contributed by atoms with Crippen molar-refractivity contribution in [2.24, 2.45) is 0 Å². The molecule has 4 heteroatoms. The summed E-state index contributed by atoms with van der Waals surface area (Å²) >= 11 is 0. The average Bonchev–Trinajstić information content (AvgIpc) is 2.49. The minimum absolute atomic E-state index is 0.261. The summed E-state index contributed by atoms with van der Waals surface area (Å²) in [6.07, 6.45) is 0. The van der Waals surface area contributed by atoms with E-state index >= 15 is 0 Å². The first-order valence-electron chi connectivity index (χ1n) is 6.04. The Morgan fingerprint density at radius 2 is 1.70 bits per heavy atom. The van der Waals surface area contributed by atoms with Gasteiger partial charge in [-0.2, -0.15) is 10.0 Å². The van der Waals surface area contributed by atoms with Gasteiger partial charge in [-0.25, -0.2) is 0 Å². The molecule has 0 atom stereocenters. The van der Waals surface area contributed by atoms with Gasteiger partial charge >= 0.3 is 5.71 Å². The van der Waals surface area contributed by atoms with E-state index in [0.29, 0.717) is 10.3 Å². The van der Waals surface area contributed by atoms with Crippen LogP contribution in [0.25, 0.3) is 0 Å². The van der Waals surface area contributed by atoms with E-state index in [-0.39, 0.29) is 5.69 Å². The summed E-state index contributed by atoms with van der Waals surface area (Å²) in [5, 5.41) is 21.2. The van der Waals surface area contributed by atoms with E-state index in [1.165, 1.54) is 0 Å². The molecule has 0 aliphatic rings. The number of carbonyl (C=O) groups is 1. The fraction of sp³-hybridized carbons (Fsp3) is 0.0625. The number of nitrogens with zero attached hydrogens (tertiary/aromatic N) is 2. The first-order chi connectivity index (χ1) is 9.63. The molecule has 98 valence electrons. The van der Waals surface area contributed by atoms with Crippen LogP contribution in [0.2, 0.25) is 0 Å². The van der Waals surface area contributed by atoms with E-state index in [2.05, 4.69) is 0 Å². The number of Topliss-reactive ketones (excluding diaryl/α,β-unsaturated/α-hetero) is 1. The predicted octanol–water partition coefficient (Wildman–Crippen LogP) is 2.98. The smallest absolute Gasteiger partial charge is 0.343 e. The number of ketones is 1. The Balaban J connectivity index is 2.46. The highest BCUT2D eigenvalue weighted by Crippen LogP contribution is 2.13. The molecule has 0 N–H and O–H groups in total. The first-order valence-corrected chi connectivity index (χ1v) is 6.04. The number of aryl methyl sites for hydroxylation is 1. The van der Waals surface area contributed by atoms with Crippen LogP contribution in [0.1, 0.15) is 15.9 Å². The molecular weight excluding hydrogens is 252 g/mol. The van der Waals surface area contributed by atoms with Gasteiger partial charge in [-0.05, 0) is 6.92 Å². The quantitative estimate of drug-likeness (QED) is 0.281. The molecule has 0 amide bonds. The molecule has 0 bridgehead atoms. The molecule has 2 rings (SSSR count). The molecular formula is C16H12N2O2. The lowest BCUT2D eigenvalue weighted by atomic mass is 10.1. The Labute approximate surface area is 116 Å². The van der Waals surface area contributed by atoms with Crippen molar-refractivity contribution in [1.29, 1.82) is 5.26 Å². The van der Waals surface area contributed by atoms with Crippen molar-refractivity contribution in [3.8, 4) is 6.07 Å². The van der Waals surface area contributed by atoms with Gasteiger partial charge in [0.2, 0.25) is 5.69 Å². The lowest BCUT2D eigenvalue weighted by Crippen LogP contribution is -2.20. The summed E-state index contributed by atoms with van der Waals surface area (Å²) in [6, 6.07) is 16.6. The molecule has 0 aliphatic carbocycles. The highest BCUT2D eigenvalue weighted by molar-refractivity contribution is 6.49. The lowest BCUT2D eigenvalue weighted by Gasteiger charge is -2.05. The number of hydrogen-bond acceptors (Lipinski definition) is 3. The highest BCUT2D eigenvalue weighted by atomic mass is 16.5. The van der Waals surface area contributed by atoms with Crippen LogP contribution in [0.5, 0.6) is 0 Å². The number of carbonyl (C=O) groups excluding carboxylic acids is 1. The zero-order valence-corrected chi connectivity index (χ0v) is 10.9. The zero-order chi connectivity index (χ0) is 14.5. The zero-order valence-electron chi connectivity index (χ0n) is 10.9. The van der Waals surface area contributed by atoms with E-state index in [1.807, 2.05) is 6.92 Å². The highest BCUT2D eigenvalue weighted by Gasteiger charge is 2.22. The van der Waals surface area contributed by atoms with Crippen molar-refractivity contribution >= 4 is 17.2 Å². The SMILES string of the molecule is Cc1ccc(/[N+]([O-])=C(/C#N)C(=O)c2ccccc2)cc1. The van der Waals surface area contributed by atoms with Crippen molar-refractivity contribution in [2.45, 2.75) is 6.92 Å². The molecule has 0 heterocycles. The minimum atomic E-state index is -0.580. The molecule has 0 radical (unpaired) electrons. The Hall–Kier alpha value is -2.93. The molecule has 0 saturated carbocycles. The van der Waals surface area contributed by atoms with Crippen molar-refractivity contribution in [3.63, 3.8) is 0 Å². The van der Waals surface area contributed by atoms with Gasteiger partial charge in [-0.1, -0.05) is 48.0 Å². The van der Waals surface area contributed by atoms with Crippen molar-refractivity contribution in [1.82, 2.24) is 0 Å². The third kappa shape index (κ3) is 2.73. The van der Waals surface area contributed by atoms with Gasteiger partial charge < -0.3 is 5.21 Å². The number of nitriles is 1. The Kier molecular flexibility index (Phi) is 3.92. The van der Waals surface area contributed by atoms with Crippen LogP contribution in [0.3, 0.4) is 0 Å². The van der Waals surface area contributed by atoms with Crippen LogP contribution in [0.4, 0.5) is 5.69 Å². The third-order valence-corrected chi connectivity index (χ3v) is 2.83. The van der Waals surface area contributed by atoms with Crippen LogP contribution in [0, 0.1) is 23.5 Å². The fourth-order valence-electron chi connectivity index (χ4n) is 1.72. The molecule has 4 nitrogen and oxygen atoms in total. The van der Waals surface area contributed by atoms with Crippen LogP contribution >= 0.6 is 0 Å². The third-order valence-electron chi connectivity index (χ3n) is 2.83. The van der Waals surface area contributed by atoms with Crippen LogP contribution in [0.15, 0.2) is 54.6 Å². The topological polar surface area (TPSA) is 66.9 Å². The maximum absolute atomic E-state index is 12.2. The Morgan fingerprint density at radius 1 is 1.10 bits per heavy atom. The first kappa shape index (κ1) is 13.5. The molecule has 0 saturated heterocycles. The standard InChI is InChI=1S/C16H12N2O2/c1-12-7-9-14(10-8-12)18(20)15(11-17)16(19)13-5-3-2-4-6-13/h2-10H,1H3/b18-15+. The van der Waals surface area contributed by atoms with Gasteiger partial charge in [-0.3, -0.25) is 4.79 Å². The average molecular weight is 264 g/mol. The normalized spacial score (nSPS) is 11.4. The van der Waals surface area contributed by atoms with Crippen LogP contribution in [-0.4, -0.2) is 16.2 Å². The van der Waals surface area contributed by atoms with Crippen LogP contribution in [-0.2, 0) is 0 Å². The number of rotatable bonds is 3. The van der Waals surface area contributed by atoms with Gasteiger partial charge in [0.15, 0.2) is 6.07 Å². The Morgan fingerprint density at radius 3 is 2.25 bits per heavy atom. The van der Waals surface area contributed by atoms with Crippen molar-refractivity contribution in [2.75, 3.05) is 0 Å². The number of hydrogen-bond donors (Lipinski definition) is 0. The van der Waals surface area contributed by atoms with Crippen molar-refractivity contribution < 1.29 is 9.53 Å². The summed E-state index contributed by atoms with van der Waals surface area (Å²) < 4.78 is 0.370. The van der Waals surface area contributed by atoms with E-state index in [0.717, 1.165) is 5.56 Å². The molecule has 2 aromatic rings. The monoisotopic (exact) mass is 264 g/mol. The Bertz CT molecular complexity index is 696. The van der Waals surface area contributed by atoms with Gasteiger partial charge in [0, 0.05) is 17.7 Å². The molecule has 0 aromatic heterocycles. The lowest BCUT2D eigenvalue weighted by molar-refractivity contribution is -0.357. The summed E-state index contributed by atoms with van der Waals surface area (Å²) in [7, 11) is 0. The summed E-state index contributed by atoms with van der Waals surface area (Å²) in [6.45, 7) is 1.89. The van der Waals surface area contributed by atoms with E-state index in [4.69, 9.17) is 5.26 Å². The molecule has 0 fully saturated rings. The van der Waals surface area contributed by atoms with E-state index < -0.39 is 11.5 Å². The van der Waals surface area contributed by atoms with E-state index in [9.17, 15) is 10.0 Å². The molecule has 20 heavy (non-hydrogen) atoms. The maximum Gasteiger partial charge on any atom is 0.343 e. The van der Waals surface area contributed by atoms with Crippen molar-refractivity contribution in [3.05, 3.63) is 70.9 Å². The maximum atomic E-state index is 12.2. The van der Waals surface area contributed by atoms with Gasteiger partial charge in [0.05, 0.1) is 0 Å². The van der Waals surface area contributed by atoms with Gasteiger partial charge in [-0.15, -0.1) is 0 Å². The van der Waals surface area contributed by atoms with Gasteiger partial charge in [0.1, 0.15) is 0 Å². The summed E-state index contributed by atoms with van der Waals surface area (Å²) in [5.41, 5.74) is 1.13. The molecule has 2 aromatic carbocycles.